The van der Waals surface area contributed by atoms with Crippen LogP contribution in [-0.2, 0) is 16.1 Å². The van der Waals surface area contributed by atoms with Crippen molar-refractivity contribution in [2.24, 2.45) is 0 Å². The van der Waals surface area contributed by atoms with Crippen molar-refractivity contribution in [3.05, 3.63) is 35.4 Å². The highest BCUT2D eigenvalue weighted by Gasteiger charge is 2.50. The SMILES string of the molecule is CC(C)c1ccc(CNCC2CC(F)(F)C(=O)O2)cc1. The molecule has 1 N–H and O–H groups in total. The Labute approximate surface area is 117 Å². The highest BCUT2D eigenvalue weighted by molar-refractivity contribution is 5.79. The summed E-state index contributed by atoms with van der Waals surface area (Å²) in [4.78, 5) is 10.8. The molecule has 1 aromatic rings. The third-order valence-corrected chi connectivity index (χ3v) is 3.40. The Kier molecular flexibility index (Phi) is 4.38. The molecule has 1 unspecified atom stereocenters. The normalized spacial score (nSPS) is 21.2. The van der Waals surface area contributed by atoms with Crippen LogP contribution >= 0.6 is 0 Å². The van der Waals surface area contributed by atoms with E-state index in [-0.39, 0.29) is 6.54 Å². The fourth-order valence-corrected chi connectivity index (χ4v) is 2.16. The second-order valence-corrected chi connectivity index (χ2v) is 5.46. The predicted octanol–water partition coefficient (Wildman–Crippen LogP) is 2.85. The molecule has 1 atom stereocenters. The van der Waals surface area contributed by atoms with Crippen LogP contribution in [0.15, 0.2) is 24.3 Å². The number of ether oxygens (including phenoxy) is 1. The third-order valence-electron chi connectivity index (χ3n) is 3.40. The molecule has 2 rings (SSSR count). The molecular weight excluding hydrogens is 264 g/mol. The molecule has 0 aromatic heterocycles. The van der Waals surface area contributed by atoms with Gasteiger partial charge >= 0.3 is 11.9 Å². The number of alkyl halides is 2. The number of carbonyl (C=O) groups is 1. The molecule has 1 heterocycles. The molecule has 1 saturated heterocycles. The van der Waals surface area contributed by atoms with Crippen LogP contribution in [0.2, 0.25) is 0 Å². The van der Waals surface area contributed by atoms with E-state index >= 15 is 0 Å². The number of halogens is 2. The van der Waals surface area contributed by atoms with E-state index in [2.05, 4.69) is 36.0 Å². The summed E-state index contributed by atoms with van der Waals surface area (Å²) in [5.41, 5.74) is 2.34. The van der Waals surface area contributed by atoms with Gasteiger partial charge in [-0.3, -0.25) is 0 Å². The van der Waals surface area contributed by atoms with Crippen LogP contribution in [0.25, 0.3) is 0 Å². The van der Waals surface area contributed by atoms with Gasteiger partial charge in [0, 0.05) is 13.1 Å². The Bertz CT molecular complexity index is 471. The van der Waals surface area contributed by atoms with E-state index in [0.717, 1.165) is 5.56 Å². The minimum absolute atomic E-state index is 0.243. The molecule has 5 heteroatoms. The molecule has 110 valence electrons. The van der Waals surface area contributed by atoms with E-state index in [9.17, 15) is 13.6 Å². The lowest BCUT2D eigenvalue weighted by molar-refractivity contribution is -0.159. The lowest BCUT2D eigenvalue weighted by Gasteiger charge is -2.11. The molecule has 0 amide bonds. The highest BCUT2D eigenvalue weighted by Crippen LogP contribution is 2.30. The summed E-state index contributed by atoms with van der Waals surface area (Å²) in [6, 6.07) is 8.14. The van der Waals surface area contributed by atoms with Gasteiger partial charge in [0.15, 0.2) is 0 Å². The average molecular weight is 283 g/mol. The Morgan fingerprint density at radius 1 is 1.35 bits per heavy atom. The van der Waals surface area contributed by atoms with E-state index < -0.39 is 24.4 Å². The summed E-state index contributed by atoms with van der Waals surface area (Å²) in [6.07, 6.45) is -1.28. The lowest BCUT2D eigenvalue weighted by atomic mass is 10.0. The number of hydrogen-bond donors (Lipinski definition) is 1. The maximum Gasteiger partial charge on any atom is 0.377 e. The van der Waals surface area contributed by atoms with Crippen molar-refractivity contribution < 1.29 is 18.3 Å². The molecule has 1 aliphatic rings. The Balaban J connectivity index is 1.78. The summed E-state index contributed by atoms with van der Waals surface area (Å²) in [7, 11) is 0. The van der Waals surface area contributed by atoms with Gasteiger partial charge in [0.25, 0.3) is 0 Å². The smallest absolute Gasteiger partial charge is 0.377 e. The number of nitrogens with one attached hydrogen (secondary N) is 1. The first-order valence-corrected chi connectivity index (χ1v) is 6.77. The van der Waals surface area contributed by atoms with Gasteiger partial charge in [-0.25, -0.2) is 4.79 Å². The van der Waals surface area contributed by atoms with Gasteiger partial charge in [0.1, 0.15) is 6.10 Å². The van der Waals surface area contributed by atoms with Gasteiger partial charge in [-0.05, 0) is 17.0 Å². The van der Waals surface area contributed by atoms with Crippen molar-refractivity contribution in [2.75, 3.05) is 6.54 Å². The second-order valence-electron chi connectivity index (χ2n) is 5.46. The van der Waals surface area contributed by atoms with Crippen LogP contribution < -0.4 is 5.32 Å². The summed E-state index contributed by atoms with van der Waals surface area (Å²) >= 11 is 0. The third kappa shape index (κ3) is 3.54. The quantitative estimate of drug-likeness (QED) is 0.844. The Morgan fingerprint density at radius 3 is 2.50 bits per heavy atom. The van der Waals surface area contributed by atoms with Gasteiger partial charge in [0.05, 0.1) is 6.42 Å². The lowest BCUT2D eigenvalue weighted by Crippen LogP contribution is -2.26. The minimum Gasteiger partial charge on any atom is -0.456 e. The molecule has 0 spiro atoms. The first kappa shape index (κ1) is 14.9. The van der Waals surface area contributed by atoms with E-state index in [4.69, 9.17) is 0 Å². The molecule has 3 nitrogen and oxygen atoms in total. The van der Waals surface area contributed by atoms with Crippen molar-refractivity contribution in [1.82, 2.24) is 5.32 Å². The Hall–Kier alpha value is -1.49. The molecule has 0 radical (unpaired) electrons. The zero-order chi connectivity index (χ0) is 14.8. The summed E-state index contributed by atoms with van der Waals surface area (Å²) in [5, 5.41) is 3.04. The highest BCUT2D eigenvalue weighted by atomic mass is 19.3. The van der Waals surface area contributed by atoms with Crippen LogP contribution in [0.1, 0.15) is 37.3 Å². The molecule has 1 fully saturated rings. The zero-order valence-corrected chi connectivity index (χ0v) is 11.7. The standard InChI is InChI=1S/C15H19F2NO2/c1-10(2)12-5-3-11(4-6-12)8-18-9-13-7-15(16,17)14(19)20-13/h3-6,10,13,18H,7-9H2,1-2H3. The molecular formula is C15H19F2NO2. The monoisotopic (exact) mass is 283 g/mol. The van der Waals surface area contributed by atoms with Crippen molar-refractivity contribution >= 4 is 5.97 Å². The maximum absolute atomic E-state index is 13.0. The molecule has 0 saturated carbocycles. The van der Waals surface area contributed by atoms with Crippen LogP contribution in [0, 0.1) is 0 Å². The van der Waals surface area contributed by atoms with Gasteiger partial charge in [-0.1, -0.05) is 38.1 Å². The largest absolute Gasteiger partial charge is 0.456 e. The number of rotatable bonds is 5. The second kappa shape index (κ2) is 5.87. The van der Waals surface area contributed by atoms with Gasteiger partial charge < -0.3 is 10.1 Å². The van der Waals surface area contributed by atoms with E-state index in [0.29, 0.717) is 12.5 Å². The topological polar surface area (TPSA) is 38.3 Å². The van der Waals surface area contributed by atoms with Crippen LogP contribution in [-0.4, -0.2) is 24.5 Å². The minimum atomic E-state index is -3.33. The molecule has 0 bridgehead atoms. The maximum atomic E-state index is 13.0. The molecule has 1 aliphatic heterocycles. The summed E-state index contributed by atoms with van der Waals surface area (Å²) < 4.78 is 30.5. The molecule has 0 aliphatic carbocycles. The van der Waals surface area contributed by atoms with Gasteiger partial charge in [-0.2, -0.15) is 8.78 Å². The van der Waals surface area contributed by atoms with Crippen LogP contribution in [0.4, 0.5) is 8.78 Å². The number of benzene rings is 1. The van der Waals surface area contributed by atoms with E-state index in [1.54, 1.807) is 0 Å². The summed E-state index contributed by atoms with van der Waals surface area (Å²) in [5.74, 6) is -4.26. The van der Waals surface area contributed by atoms with Crippen molar-refractivity contribution in [1.29, 1.82) is 0 Å². The van der Waals surface area contributed by atoms with Crippen molar-refractivity contribution in [3.63, 3.8) is 0 Å². The zero-order valence-electron chi connectivity index (χ0n) is 11.7. The van der Waals surface area contributed by atoms with Gasteiger partial charge in [0.2, 0.25) is 0 Å². The molecule has 1 aromatic carbocycles. The van der Waals surface area contributed by atoms with Crippen LogP contribution in [0.3, 0.4) is 0 Å². The number of cyclic esters (lactones) is 1. The van der Waals surface area contributed by atoms with Gasteiger partial charge in [-0.15, -0.1) is 0 Å². The first-order chi connectivity index (χ1) is 9.38. The van der Waals surface area contributed by atoms with E-state index in [1.165, 1.54) is 5.56 Å². The number of esters is 1. The first-order valence-electron chi connectivity index (χ1n) is 6.77. The Morgan fingerprint density at radius 2 is 2.00 bits per heavy atom. The number of hydrogen-bond acceptors (Lipinski definition) is 3. The molecule has 20 heavy (non-hydrogen) atoms. The summed E-state index contributed by atoms with van der Waals surface area (Å²) in [6.45, 7) is 5.06. The fourth-order valence-electron chi connectivity index (χ4n) is 2.16. The van der Waals surface area contributed by atoms with Crippen LogP contribution in [0.5, 0.6) is 0 Å². The van der Waals surface area contributed by atoms with Crippen molar-refractivity contribution in [3.8, 4) is 0 Å². The number of carbonyl (C=O) groups excluding carboxylic acids is 1. The predicted molar refractivity (Wildman–Crippen MR) is 71.7 cm³/mol. The van der Waals surface area contributed by atoms with E-state index in [1.807, 2.05) is 12.1 Å². The average Bonchev–Trinajstić information content (AvgIpc) is 2.63. The fraction of sp³-hybridized carbons (Fsp3) is 0.533. The van der Waals surface area contributed by atoms with Crippen molar-refractivity contribution in [2.45, 2.75) is 44.8 Å².